The van der Waals surface area contributed by atoms with Gasteiger partial charge in [0.2, 0.25) is 0 Å². The number of hydrogen-bond donors (Lipinski definition) is 1. The van der Waals surface area contributed by atoms with Gasteiger partial charge in [-0.05, 0) is 61.0 Å². The first-order chi connectivity index (χ1) is 15.6. The number of para-hydroxylation sites is 1. The molecule has 1 atom stereocenters. The maximum absolute atomic E-state index is 13.4. The van der Waals surface area contributed by atoms with Crippen LogP contribution in [0, 0.1) is 5.92 Å². The molecule has 3 aromatic rings. The van der Waals surface area contributed by atoms with Crippen LogP contribution in [0.2, 0.25) is 0 Å². The highest BCUT2D eigenvalue weighted by atomic mass is 16.5. The second-order valence-corrected chi connectivity index (χ2v) is 7.19. The van der Waals surface area contributed by atoms with Crippen molar-refractivity contribution >= 4 is 28.9 Å². The summed E-state index contributed by atoms with van der Waals surface area (Å²) < 4.78 is 5.24. The molecule has 7 nitrogen and oxygen atoms in total. The van der Waals surface area contributed by atoms with E-state index in [-0.39, 0.29) is 11.8 Å². The molecule has 0 spiro atoms. The number of anilines is 1. The third kappa shape index (κ3) is 4.27. The highest BCUT2D eigenvalue weighted by molar-refractivity contribution is 6.32. The van der Waals surface area contributed by atoms with Crippen molar-refractivity contribution in [3.63, 3.8) is 0 Å². The molecule has 0 radical (unpaired) electrons. The van der Waals surface area contributed by atoms with Crippen molar-refractivity contribution in [1.29, 1.82) is 0 Å². The first kappa shape index (κ1) is 21.0. The second-order valence-electron chi connectivity index (χ2n) is 7.19. The molecular formula is C25H22N4O3. The minimum atomic E-state index is -0.736. The minimum Gasteiger partial charge on any atom is -0.497 e. The largest absolute Gasteiger partial charge is 0.497 e. The summed E-state index contributed by atoms with van der Waals surface area (Å²) in [6.45, 7) is 1.78. The van der Waals surface area contributed by atoms with Gasteiger partial charge in [-0.15, -0.1) is 0 Å². The van der Waals surface area contributed by atoms with E-state index in [1.807, 2.05) is 36.4 Å². The predicted octanol–water partition coefficient (Wildman–Crippen LogP) is 3.87. The molecule has 4 rings (SSSR count). The van der Waals surface area contributed by atoms with Crippen LogP contribution in [0.25, 0.3) is 0 Å². The van der Waals surface area contributed by atoms with Crippen molar-refractivity contribution in [3.8, 4) is 5.75 Å². The molecule has 1 heterocycles. The Morgan fingerprint density at radius 2 is 1.56 bits per heavy atom. The van der Waals surface area contributed by atoms with Crippen molar-refractivity contribution in [2.24, 2.45) is 16.1 Å². The first-order valence-corrected chi connectivity index (χ1v) is 10.1. The Kier molecular flexibility index (Phi) is 6.07. The standard InChI is InChI=1S/C25H22N4O3/c1-17-22(25(31)29(28-17)20-11-7-4-8-12-20)23(18-13-15-21(32-2)16-14-18)26-27-24(30)19-9-5-3-6-10-19/h3-16,22H,1-2H3,(H,27,30). The van der Waals surface area contributed by atoms with Gasteiger partial charge in [-0.3, -0.25) is 9.59 Å². The van der Waals surface area contributed by atoms with E-state index >= 15 is 0 Å². The maximum atomic E-state index is 13.4. The molecule has 1 aliphatic heterocycles. The molecular weight excluding hydrogens is 404 g/mol. The van der Waals surface area contributed by atoms with Crippen LogP contribution < -0.4 is 15.2 Å². The van der Waals surface area contributed by atoms with Crippen LogP contribution in [-0.4, -0.2) is 30.3 Å². The number of carbonyl (C=O) groups excluding carboxylic acids is 2. The molecule has 1 N–H and O–H groups in total. The molecule has 3 aromatic carbocycles. The van der Waals surface area contributed by atoms with Crippen LogP contribution in [0.3, 0.4) is 0 Å². The van der Waals surface area contributed by atoms with Crippen LogP contribution in [0.5, 0.6) is 5.75 Å². The van der Waals surface area contributed by atoms with E-state index in [0.717, 1.165) is 0 Å². The number of nitrogens with zero attached hydrogens (tertiary/aromatic N) is 3. The monoisotopic (exact) mass is 426 g/mol. The average molecular weight is 426 g/mol. The number of rotatable bonds is 6. The fourth-order valence-electron chi connectivity index (χ4n) is 3.46. The lowest BCUT2D eigenvalue weighted by atomic mass is 9.92. The van der Waals surface area contributed by atoms with Crippen LogP contribution in [-0.2, 0) is 4.79 Å². The van der Waals surface area contributed by atoms with E-state index < -0.39 is 5.92 Å². The highest BCUT2D eigenvalue weighted by Crippen LogP contribution is 2.27. The second kappa shape index (κ2) is 9.26. The molecule has 0 fully saturated rings. The molecule has 7 heteroatoms. The van der Waals surface area contributed by atoms with Crippen LogP contribution in [0.4, 0.5) is 5.69 Å². The SMILES string of the molecule is COc1ccc(C(=NNC(=O)c2ccccc2)C2C(=O)N(c3ccccc3)N=C2C)cc1. The number of carbonyl (C=O) groups is 2. The van der Waals surface area contributed by atoms with Gasteiger partial charge in [0.25, 0.3) is 11.8 Å². The smallest absolute Gasteiger partial charge is 0.271 e. The van der Waals surface area contributed by atoms with Gasteiger partial charge in [0.05, 0.1) is 24.2 Å². The van der Waals surface area contributed by atoms with Gasteiger partial charge in [-0.2, -0.15) is 15.2 Å². The lowest BCUT2D eigenvalue weighted by molar-refractivity contribution is -0.118. The fraction of sp³-hybridized carbons (Fsp3) is 0.120. The molecule has 1 aliphatic rings. The number of ether oxygens (including phenoxy) is 1. The van der Waals surface area contributed by atoms with Gasteiger partial charge in [0, 0.05) is 5.56 Å². The first-order valence-electron chi connectivity index (χ1n) is 10.1. The summed E-state index contributed by atoms with van der Waals surface area (Å²) >= 11 is 0. The number of methoxy groups -OCH3 is 1. The van der Waals surface area contributed by atoms with E-state index in [1.54, 1.807) is 62.6 Å². The maximum Gasteiger partial charge on any atom is 0.271 e. The summed E-state index contributed by atoms with van der Waals surface area (Å²) in [5, 5.41) is 10.2. The van der Waals surface area contributed by atoms with Crippen molar-refractivity contribution in [2.75, 3.05) is 12.1 Å². The Morgan fingerprint density at radius 1 is 0.938 bits per heavy atom. The zero-order valence-electron chi connectivity index (χ0n) is 17.7. The van der Waals surface area contributed by atoms with E-state index in [0.29, 0.717) is 34.0 Å². The molecule has 0 bridgehead atoms. The zero-order chi connectivity index (χ0) is 22.5. The topological polar surface area (TPSA) is 83.4 Å². The molecule has 160 valence electrons. The van der Waals surface area contributed by atoms with Gasteiger partial charge in [0.15, 0.2) is 0 Å². The Bertz CT molecular complexity index is 1170. The third-order valence-electron chi connectivity index (χ3n) is 5.11. The van der Waals surface area contributed by atoms with Gasteiger partial charge in [0.1, 0.15) is 11.7 Å². The summed E-state index contributed by atoms with van der Waals surface area (Å²) in [6.07, 6.45) is 0. The highest BCUT2D eigenvalue weighted by Gasteiger charge is 2.39. The molecule has 1 unspecified atom stereocenters. The van der Waals surface area contributed by atoms with Gasteiger partial charge >= 0.3 is 0 Å². The van der Waals surface area contributed by atoms with Crippen LogP contribution >= 0.6 is 0 Å². The van der Waals surface area contributed by atoms with Gasteiger partial charge in [-0.25, -0.2) is 5.43 Å². The van der Waals surface area contributed by atoms with E-state index in [4.69, 9.17) is 4.74 Å². The van der Waals surface area contributed by atoms with E-state index in [9.17, 15) is 9.59 Å². The van der Waals surface area contributed by atoms with Crippen molar-refractivity contribution in [2.45, 2.75) is 6.92 Å². The van der Waals surface area contributed by atoms with Crippen molar-refractivity contribution in [1.82, 2.24) is 5.43 Å². The number of benzene rings is 3. The summed E-state index contributed by atoms with van der Waals surface area (Å²) in [6, 6.07) is 25.2. The molecule has 32 heavy (non-hydrogen) atoms. The summed E-state index contributed by atoms with van der Waals surface area (Å²) in [5.74, 6) is -0.663. The minimum absolute atomic E-state index is 0.239. The third-order valence-corrected chi connectivity index (χ3v) is 5.11. The Balaban J connectivity index is 1.69. The van der Waals surface area contributed by atoms with Crippen LogP contribution in [0.1, 0.15) is 22.8 Å². The Morgan fingerprint density at radius 3 is 2.19 bits per heavy atom. The van der Waals surface area contributed by atoms with Crippen LogP contribution in [0.15, 0.2) is 95.1 Å². The predicted molar refractivity (Wildman–Crippen MR) is 124 cm³/mol. The van der Waals surface area contributed by atoms with Crippen molar-refractivity contribution < 1.29 is 14.3 Å². The van der Waals surface area contributed by atoms with E-state index in [1.165, 1.54) is 5.01 Å². The lowest BCUT2D eigenvalue weighted by Gasteiger charge is -2.16. The normalized spacial score (nSPS) is 16.0. The number of amides is 2. The quantitative estimate of drug-likeness (QED) is 0.480. The van der Waals surface area contributed by atoms with Gasteiger partial charge in [-0.1, -0.05) is 36.4 Å². The zero-order valence-corrected chi connectivity index (χ0v) is 17.7. The Hall–Kier alpha value is -4.26. The average Bonchev–Trinajstić information content (AvgIpc) is 3.14. The summed E-state index contributed by atoms with van der Waals surface area (Å²) in [7, 11) is 1.58. The van der Waals surface area contributed by atoms with E-state index in [2.05, 4.69) is 15.6 Å². The fourth-order valence-corrected chi connectivity index (χ4v) is 3.46. The molecule has 0 saturated carbocycles. The summed E-state index contributed by atoms with van der Waals surface area (Å²) in [4.78, 5) is 25.9. The Labute approximate surface area is 186 Å². The lowest BCUT2D eigenvalue weighted by Crippen LogP contribution is -2.35. The number of nitrogens with one attached hydrogen (secondary N) is 1. The molecule has 2 amide bonds. The number of hydrazone groups is 2. The van der Waals surface area contributed by atoms with Crippen molar-refractivity contribution in [3.05, 3.63) is 96.1 Å². The molecule has 0 saturated heterocycles. The number of hydrogen-bond acceptors (Lipinski definition) is 5. The molecule has 0 aromatic heterocycles. The van der Waals surface area contributed by atoms with Gasteiger partial charge < -0.3 is 4.74 Å². The molecule has 0 aliphatic carbocycles. The summed E-state index contributed by atoms with van der Waals surface area (Å²) in [5.41, 5.74) is 5.40.